The summed E-state index contributed by atoms with van der Waals surface area (Å²) in [6.45, 7) is 6.23. The first-order chi connectivity index (χ1) is 9.08. The SMILES string of the molecule is CCC1NC(c2cccc(Cl)c2)N(C(C)CC)C1=O. The molecule has 4 heteroatoms. The van der Waals surface area contributed by atoms with Gasteiger partial charge in [-0.2, -0.15) is 0 Å². The summed E-state index contributed by atoms with van der Waals surface area (Å²) in [7, 11) is 0. The third-order valence-electron chi connectivity index (χ3n) is 3.83. The van der Waals surface area contributed by atoms with E-state index in [-0.39, 0.29) is 24.2 Å². The van der Waals surface area contributed by atoms with Crippen LogP contribution in [0, 0.1) is 0 Å². The van der Waals surface area contributed by atoms with E-state index in [4.69, 9.17) is 11.6 Å². The highest BCUT2D eigenvalue weighted by molar-refractivity contribution is 6.30. The Kier molecular flexibility index (Phi) is 4.48. The fraction of sp³-hybridized carbons (Fsp3) is 0.533. The Morgan fingerprint density at radius 2 is 2.16 bits per heavy atom. The molecule has 1 amide bonds. The lowest BCUT2D eigenvalue weighted by Gasteiger charge is -2.30. The highest BCUT2D eigenvalue weighted by Gasteiger charge is 2.40. The summed E-state index contributed by atoms with van der Waals surface area (Å²) in [5.74, 6) is 0.196. The van der Waals surface area contributed by atoms with E-state index < -0.39 is 0 Å². The van der Waals surface area contributed by atoms with Crippen LogP contribution < -0.4 is 5.32 Å². The first-order valence-corrected chi connectivity index (χ1v) is 7.30. The van der Waals surface area contributed by atoms with Crippen LogP contribution in [0.3, 0.4) is 0 Å². The molecule has 1 aliphatic rings. The van der Waals surface area contributed by atoms with Gasteiger partial charge in [-0.15, -0.1) is 0 Å². The van der Waals surface area contributed by atoms with Crippen LogP contribution >= 0.6 is 11.6 Å². The Morgan fingerprint density at radius 1 is 1.42 bits per heavy atom. The molecule has 1 aromatic carbocycles. The van der Waals surface area contributed by atoms with E-state index in [1.54, 1.807) is 0 Å². The maximum Gasteiger partial charge on any atom is 0.241 e. The van der Waals surface area contributed by atoms with E-state index in [1.807, 2.05) is 36.1 Å². The Hall–Kier alpha value is -1.06. The van der Waals surface area contributed by atoms with Crippen LogP contribution in [0.25, 0.3) is 0 Å². The smallest absolute Gasteiger partial charge is 0.241 e. The minimum absolute atomic E-state index is 0.0638. The molecule has 3 nitrogen and oxygen atoms in total. The van der Waals surface area contributed by atoms with E-state index in [2.05, 4.69) is 19.2 Å². The van der Waals surface area contributed by atoms with Crippen molar-refractivity contribution in [1.82, 2.24) is 10.2 Å². The lowest BCUT2D eigenvalue weighted by atomic mass is 10.1. The average molecular weight is 281 g/mol. The zero-order valence-electron chi connectivity index (χ0n) is 11.7. The number of carbonyl (C=O) groups is 1. The normalized spacial score (nSPS) is 24.8. The van der Waals surface area contributed by atoms with E-state index in [9.17, 15) is 4.79 Å². The number of nitrogens with zero attached hydrogens (tertiary/aromatic N) is 1. The van der Waals surface area contributed by atoms with Crippen molar-refractivity contribution in [1.29, 1.82) is 0 Å². The van der Waals surface area contributed by atoms with Gasteiger partial charge < -0.3 is 4.90 Å². The second-order valence-corrected chi connectivity index (χ2v) is 5.52. The summed E-state index contributed by atoms with van der Waals surface area (Å²) in [5.41, 5.74) is 1.05. The van der Waals surface area contributed by atoms with Crippen LogP contribution in [0.4, 0.5) is 0 Å². The number of nitrogens with one attached hydrogen (secondary N) is 1. The van der Waals surface area contributed by atoms with Crippen LogP contribution in [0.1, 0.15) is 45.3 Å². The predicted molar refractivity (Wildman–Crippen MR) is 78.0 cm³/mol. The molecule has 0 aromatic heterocycles. The van der Waals surface area contributed by atoms with Gasteiger partial charge in [0.2, 0.25) is 5.91 Å². The molecular formula is C15H21ClN2O. The third kappa shape index (κ3) is 2.77. The number of hydrogen-bond acceptors (Lipinski definition) is 2. The van der Waals surface area contributed by atoms with Gasteiger partial charge in [0.1, 0.15) is 6.17 Å². The molecular weight excluding hydrogens is 260 g/mol. The van der Waals surface area contributed by atoms with Gasteiger partial charge in [-0.3, -0.25) is 10.1 Å². The van der Waals surface area contributed by atoms with Crippen LogP contribution in [-0.2, 0) is 4.79 Å². The minimum Gasteiger partial charge on any atom is -0.319 e. The van der Waals surface area contributed by atoms with Gasteiger partial charge in [0, 0.05) is 11.1 Å². The standard InChI is InChI=1S/C15H21ClN2O/c1-4-10(3)18-14(17-13(5-2)15(18)19)11-7-6-8-12(16)9-11/h6-10,13-14,17H,4-5H2,1-3H3. The molecule has 3 unspecified atom stereocenters. The quantitative estimate of drug-likeness (QED) is 0.917. The summed E-state index contributed by atoms with van der Waals surface area (Å²) in [6.07, 6.45) is 1.69. The van der Waals surface area contributed by atoms with Crippen molar-refractivity contribution in [3.05, 3.63) is 34.9 Å². The van der Waals surface area contributed by atoms with E-state index in [0.29, 0.717) is 5.02 Å². The Labute approximate surface area is 119 Å². The van der Waals surface area contributed by atoms with Gasteiger partial charge in [-0.25, -0.2) is 0 Å². The second-order valence-electron chi connectivity index (χ2n) is 5.09. The summed E-state index contributed by atoms with van der Waals surface area (Å²) in [5, 5.41) is 4.12. The molecule has 1 saturated heterocycles. The first-order valence-electron chi connectivity index (χ1n) is 6.92. The summed E-state index contributed by atoms with van der Waals surface area (Å²) in [4.78, 5) is 14.4. The maximum atomic E-state index is 12.4. The molecule has 104 valence electrons. The Balaban J connectivity index is 2.34. The van der Waals surface area contributed by atoms with Gasteiger partial charge in [-0.05, 0) is 37.5 Å². The Morgan fingerprint density at radius 3 is 2.74 bits per heavy atom. The topological polar surface area (TPSA) is 32.3 Å². The molecule has 3 atom stereocenters. The van der Waals surface area contributed by atoms with Gasteiger partial charge in [-0.1, -0.05) is 37.6 Å². The number of carbonyl (C=O) groups excluding carboxylic acids is 1. The lowest BCUT2D eigenvalue weighted by molar-refractivity contribution is -0.132. The van der Waals surface area contributed by atoms with Crippen LogP contribution in [-0.4, -0.2) is 22.9 Å². The molecule has 1 aromatic rings. The second kappa shape index (κ2) is 5.93. The fourth-order valence-electron chi connectivity index (χ4n) is 2.54. The van der Waals surface area contributed by atoms with Crippen molar-refractivity contribution in [3.63, 3.8) is 0 Å². The van der Waals surface area contributed by atoms with Crippen molar-refractivity contribution in [2.75, 3.05) is 0 Å². The highest BCUT2D eigenvalue weighted by atomic mass is 35.5. The number of hydrogen-bond donors (Lipinski definition) is 1. The lowest BCUT2D eigenvalue weighted by Crippen LogP contribution is -2.38. The molecule has 1 heterocycles. The van der Waals surface area contributed by atoms with Crippen LogP contribution in [0.5, 0.6) is 0 Å². The van der Waals surface area contributed by atoms with Gasteiger partial charge >= 0.3 is 0 Å². The molecule has 0 bridgehead atoms. The molecule has 0 radical (unpaired) electrons. The van der Waals surface area contributed by atoms with E-state index in [0.717, 1.165) is 18.4 Å². The summed E-state index contributed by atoms with van der Waals surface area (Å²) >= 11 is 6.06. The molecule has 0 saturated carbocycles. The molecule has 1 fully saturated rings. The van der Waals surface area contributed by atoms with Crippen molar-refractivity contribution in [2.24, 2.45) is 0 Å². The van der Waals surface area contributed by atoms with Crippen molar-refractivity contribution in [2.45, 2.75) is 51.9 Å². The van der Waals surface area contributed by atoms with E-state index >= 15 is 0 Å². The van der Waals surface area contributed by atoms with Crippen molar-refractivity contribution >= 4 is 17.5 Å². The van der Waals surface area contributed by atoms with Crippen molar-refractivity contribution in [3.8, 4) is 0 Å². The third-order valence-corrected chi connectivity index (χ3v) is 4.06. The zero-order valence-corrected chi connectivity index (χ0v) is 12.4. The predicted octanol–water partition coefficient (Wildman–Crippen LogP) is 3.35. The van der Waals surface area contributed by atoms with E-state index in [1.165, 1.54) is 0 Å². The fourth-order valence-corrected chi connectivity index (χ4v) is 2.74. The Bertz CT molecular complexity index is 463. The highest BCUT2D eigenvalue weighted by Crippen LogP contribution is 2.30. The first kappa shape index (κ1) is 14.4. The number of halogens is 1. The molecule has 19 heavy (non-hydrogen) atoms. The zero-order chi connectivity index (χ0) is 14.0. The molecule has 2 rings (SSSR count). The molecule has 1 N–H and O–H groups in total. The molecule has 0 spiro atoms. The number of amides is 1. The van der Waals surface area contributed by atoms with Crippen LogP contribution in [0.15, 0.2) is 24.3 Å². The summed E-state index contributed by atoms with van der Waals surface area (Å²) < 4.78 is 0. The maximum absolute atomic E-state index is 12.4. The largest absolute Gasteiger partial charge is 0.319 e. The van der Waals surface area contributed by atoms with Gasteiger partial charge in [0.05, 0.1) is 6.04 Å². The average Bonchev–Trinajstić information content (AvgIpc) is 2.75. The minimum atomic E-state index is -0.0852. The molecule has 1 aliphatic heterocycles. The van der Waals surface area contributed by atoms with Crippen molar-refractivity contribution < 1.29 is 4.79 Å². The number of benzene rings is 1. The van der Waals surface area contributed by atoms with Crippen LogP contribution in [0.2, 0.25) is 5.02 Å². The van der Waals surface area contributed by atoms with Gasteiger partial charge in [0.25, 0.3) is 0 Å². The number of rotatable bonds is 4. The molecule has 0 aliphatic carbocycles. The van der Waals surface area contributed by atoms with Gasteiger partial charge in [0.15, 0.2) is 0 Å². The monoisotopic (exact) mass is 280 g/mol. The summed E-state index contributed by atoms with van der Waals surface area (Å²) in [6, 6.07) is 7.87.